The van der Waals surface area contributed by atoms with Crippen LogP contribution in [0.5, 0.6) is 0 Å². The first-order valence-corrected chi connectivity index (χ1v) is 11.0. The van der Waals surface area contributed by atoms with Crippen LogP contribution in [-0.2, 0) is 14.3 Å². The zero-order valence-corrected chi connectivity index (χ0v) is 18.0. The summed E-state index contributed by atoms with van der Waals surface area (Å²) in [6.07, 6.45) is 1.39. The first-order chi connectivity index (χ1) is 15.5. The number of hydrogen-bond donors (Lipinski definition) is 2. The van der Waals surface area contributed by atoms with Crippen LogP contribution in [0.3, 0.4) is 0 Å². The monoisotopic (exact) mass is 457 g/mol. The average molecular weight is 458 g/mol. The molecule has 2 amide bonds. The highest BCUT2D eigenvalue weighted by Crippen LogP contribution is 2.25. The van der Waals surface area contributed by atoms with E-state index in [2.05, 4.69) is 20.7 Å². The highest BCUT2D eigenvalue weighted by atomic mass is 32.2. The van der Waals surface area contributed by atoms with Gasteiger partial charge in [0.15, 0.2) is 0 Å². The van der Waals surface area contributed by atoms with Gasteiger partial charge in [-0.15, -0.1) is 11.8 Å². The number of ether oxygens (including phenoxy) is 1. The molecule has 0 radical (unpaired) electrons. The van der Waals surface area contributed by atoms with Crippen LogP contribution in [0.1, 0.15) is 5.56 Å². The molecule has 168 valence electrons. The zero-order valence-electron chi connectivity index (χ0n) is 17.2. The standard InChI is InChI=1S/C21H23N5O5S/c27-20(23-17-4-2-1-3-5-17)14-32-15-21(28)24-22-13-16-12-18(26(29)30)6-7-19(16)25-8-10-31-11-9-25/h1-7,12-13H,8-11,14-15H2,(H,23,27)(H,24,28). The second kappa shape index (κ2) is 11.8. The van der Waals surface area contributed by atoms with Gasteiger partial charge in [0.1, 0.15) is 0 Å². The third kappa shape index (κ3) is 7.06. The maximum atomic E-state index is 12.0. The van der Waals surface area contributed by atoms with Crippen molar-refractivity contribution in [1.29, 1.82) is 0 Å². The Morgan fingerprint density at radius 3 is 2.56 bits per heavy atom. The number of morpholine rings is 1. The quantitative estimate of drug-likeness (QED) is 0.336. The summed E-state index contributed by atoms with van der Waals surface area (Å²) >= 11 is 1.16. The van der Waals surface area contributed by atoms with Crippen molar-refractivity contribution in [3.63, 3.8) is 0 Å². The van der Waals surface area contributed by atoms with Crippen LogP contribution in [0.4, 0.5) is 17.1 Å². The van der Waals surface area contributed by atoms with E-state index in [1.807, 2.05) is 18.2 Å². The molecule has 0 unspecified atom stereocenters. The third-order valence-corrected chi connectivity index (χ3v) is 5.42. The molecular weight excluding hydrogens is 434 g/mol. The minimum atomic E-state index is -0.476. The smallest absolute Gasteiger partial charge is 0.270 e. The summed E-state index contributed by atoms with van der Waals surface area (Å²) in [6.45, 7) is 2.46. The third-order valence-electron chi connectivity index (χ3n) is 4.49. The van der Waals surface area contributed by atoms with Gasteiger partial charge in [0, 0.05) is 42.2 Å². The molecule has 1 aliphatic heterocycles. The number of nitro groups is 1. The molecule has 0 aliphatic carbocycles. The molecular formula is C21H23N5O5S. The Labute approximate surface area is 189 Å². The van der Waals surface area contributed by atoms with Crippen molar-refractivity contribution in [2.24, 2.45) is 5.10 Å². The van der Waals surface area contributed by atoms with Crippen LogP contribution in [0, 0.1) is 10.1 Å². The number of hydrogen-bond acceptors (Lipinski definition) is 8. The van der Waals surface area contributed by atoms with E-state index in [1.54, 1.807) is 18.2 Å². The molecule has 0 spiro atoms. The predicted molar refractivity (Wildman–Crippen MR) is 124 cm³/mol. The number of para-hydroxylation sites is 1. The fraction of sp³-hybridized carbons (Fsp3) is 0.286. The lowest BCUT2D eigenvalue weighted by atomic mass is 10.1. The maximum Gasteiger partial charge on any atom is 0.270 e. The molecule has 3 rings (SSSR count). The van der Waals surface area contributed by atoms with E-state index in [-0.39, 0.29) is 29.0 Å². The molecule has 0 atom stereocenters. The van der Waals surface area contributed by atoms with Gasteiger partial charge in [0.2, 0.25) is 11.8 Å². The van der Waals surface area contributed by atoms with Crippen molar-refractivity contribution in [2.75, 3.05) is 48.0 Å². The number of amides is 2. The molecule has 32 heavy (non-hydrogen) atoms. The Hall–Kier alpha value is -3.44. The second-order valence-corrected chi connectivity index (χ2v) is 7.79. The van der Waals surface area contributed by atoms with Crippen LogP contribution in [-0.4, -0.2) is 60.8 Å². The Kier molecular flexibility index (Phi) is 8.58. The van der Waals surface area contributed by atoms with Crippen molar-refractivity contribution < 1.29 is 19.2 Å². The second-order valence-electron chi connectivity index (χ2n) is 6.80. The van der Waals surface area contributed by atoms with Gasteiger partial charge in [0.05, 0.1) is 35.9 Å². The maximum absolute atomic E-state index is 12.0. The number of non-ortho nitro benzene ring substituents is 1. The van der Waals surface area contributed by atoms with Gasteiger partial charge in [-0.25, -0.2) is 5.43 Å². The minimum absolute atomic E-state index is 0.0464. The van der Waals surface area contributed by atoms with Gasteiger partial charge in [-0.1, -0.05) is 18.2 Å². The van der Waals surface area contributed by atoms with E-state index in [0.717, 1.165) is 17.4 Å². The normalized spacial score (nSPS) is 13.7. The first-order valence-electron chi connectivity index (χ1n) is 9.88. The molecule has 2 N–H and O–H groups in total. The number of nitrogens with zero attached hydrogens (tertiary/aromatic N) is 3. The largest absolute Gasteiger partial charge is 0.378 e. The fourth-order valence-electron chi connectivity index (χ4n) is 3.01. The van der Waals surface area contributed by atoms with Gasteiger partial charge in [0.25, 0.3) is 5.69 Å². The Morgan fingerprint density at radius 2 is 1.84 bits per heavy atom. The lowest BCUT2D eigenvalue weighted by Crippen LogP contribution is -2.36. The number of carbonyl (C=O) groups is 2. The van der Waals surface area contributed by atoms with E-state index >= 15 is 0 Å². The van der Waals surface area contributed by atoms with E-state index in [9.17, 15) is 19.7 Å². The Bertz CT molecular complexity index is 980. The number of anilines is 2. The highest BCUT2D eigenvalue weighted by Gasteiger charge is 2.17. The Morgan fingerprint density at radius 1 is 1.12 bits per heavy atom. The van der Waals surface area contributed by atoms with E-state index < -0.39 is 4.92 Å². The molecule has 10 nitrogen and oxygen atoms in total. The summed E-state index contributed by atoms with van der Waals surface area (Å²) in [4.78, 5) is 36.6. The van der Waals surface area contributed by atoms with Crippen LogP contribution < -0.4 is 15.6 Å². The number of nitro benzene ring substituents is 1. The molecule has 1 fully saturated rings. The van der Waals surface area contributed by atoms with E-state index in [0.29, 0.717) is 37.6 Å². The number of carbonyl (C=O) groups excluding carboxylic acids is 2. The number of thioether (sulfide) groups is 1. The summed E-state index contributed by atoms with van der Waals surface area (Å²) < 4.78 is 5.35. The van der Waals surface area contributed by atoms with Crippen molar-refractivity contribution in [1.82, 2.24) is 5.43 Å². The average Bonchev–Trinajstić information content (AvgIpc) is 2.80. The van der Waals surface area contributed by atoms with Crippen LogP contribution >= 0.6 is 11.8 Å². The zero-order chi connectivity index (χ0) is 22.8. The summed E-state index contributed by atoms with van der Waals surface area (Å²) in [7, 11) is 0. The van der Waals surface area contributed by atoms with Gasteiger partial charge >= 0.3 is 0 Å². The number of hydrazone groups is 1. The summed E-state index contributed by atoms with van der Waals surface area (Å²) in [6, 6.07) is 13.6. The van der Waals surface area contributed by atoms with Crippen LogP contribution in [0.15, 0.2) is 53.6 Å². The molecule has 1 aliphatic rings. The van der Waals surface area contributed by atoms with Crippen LogP contribution in [0.25, 0.3) is 0 Å². The number of rotatable bonds is 9. The van der Waals surface area contributed by atoms with Crippen molar-refractivity contribution in [3.05, 3.63) is 64.2 Å². The van der Waals surface area contributed by atoms with Crippen LogP contribution in [0.2, 0.25) is 0 Å². The van der Waals surface area contributed by atoms with E-state index in [4.69, 9.17) is 4.74 Å². The molecule has 1 heterocycles. The van der Waals surface area contributed by atoms with Crippen molar-refractivity contribution in [3.8, 4) is 0 Å². The highest BCUT2D eigenvalue weighted by molar-refractivity contribution is 8.00. The Balaban J connectivity index is 1.51. The number of nitrogens with one attached hydrogen (secondary N) is 2. The van der Waals surface area contributed by atoms with Gasteiger partial charge in [-0.05, 0) is 18.2 Å². The molecule has 2 aromatic rings. The summed E-state index contributed by atoms with van der Waals surface area (Å²) in [5, 5.41) is 17.8. The van der Waals surface area contributed by atoms with Crippen molar-refractivity contribution >= 4 is 46.9 Å². The predicted octanol–water partition coefficient (Wildman–Crippen LogP) is 2.25. The lowest BCUT2D eigenvalue weighted by molar-refractivity contribution is -0.384. The molecule has 0 saturated carbocycles. The topological polar surface area (TPSA) is 126 Å². The summed E-state index contributed by atoms with van der Waals surface area (Å²) in [5.41, 5.74) is 4.34. The van der Waals surface area contributed by atoms with E-state index in [1.165, 1.54) is 18.3 Å². The minimum Gasteiger partial charge on any atom is -0.378 e. The molecule has 0 aromatic heterocycles. The summed E-state index contributed by atoms with van der Waals surface area (Å²) in [5.74, 6) is -0.413. The molecule has 1 saturated heterocycles. The number of benzene rings is 2. The van der Waals surface area contributed by atoms with Gasteiger partial charge in [-0.3, -0.25) is 19.7 Å². The fourth-order valence-corrected chi connectivity index (χ4v) is 3.62. The van der Waals surface area contributed by atoms with Crippen molar-refractivity contribution in [2.45, 2.75) is 0 Å². The molecule has 0 bridgehead atoms. The molecule has 2 aromatic carbocycles. The van der Waals surface area contributed by atoms with Gasteiger partial charge in [-0.2, -0.15) is 5.10 Å². The molecule has 11 heteroatoms. The van der Waals surface area contributed by atoms with Gasteiger partial charge < -0.3 is 15.0 Å². The SMILES string of the molecule is O=C(CSCC(=O)Nc1ccccc1)NN=Cc1cc([N+](=O)[O-])ccc1N1CCOCC1. The lowest BCUT2D eigenvalue weighted by Gasteiger charge is -2.29. The first kappa shape index (κ1) is 23.2.